The lowest BCUT2D eigenvalue weighted by Gasteiger charge is -2.13. The van der Waals surface area contributed by atoms with Crippen LogP contribution in [0.15, 0.2) is 67.1 Å². The highest BCUT2D eigenvalue weighted by Gasteiger charge is 2.12. The van der Waals surface area contributed by atoms with E-state index in [-0.39, 0.29) is 11.9 Å². The molecule has 0 unspecified atom stereocenters. The number of nitrogens with zero attached hydrogens (tertiary/aromatic N) is 3. The van der Waals surface area contributed by atoms with Gasteiger partial charge in [-0.1, -0.05) is 6.07 Å². The number of aromatic nitrogens is 3. The second-order valence-electron chi connectivity index (χ2n) is 4.95. The van der Waals surface area contributed by atoms with Gasteiger partial charge in [0.15, 0.2) is 0 Å². The van der Waals surface area contributed by atoms with E-state index in [1.54, 1.807) is 29.2 Å². The number of rotatable bonds is 4. The third-order valence-electron chi connectivity index (χ3n) is 3.38. The molecule has 110 valence electrons. The summed E-state index contributed by atoms with van der Waals surface area (Å²) in [5.41, 5.74) is 2.36. The number of carbonyl (C=O) groups excluding carboxylic acids is 1. The van der Waals surface area contributed by atoms with E-state index >= 15 is 0 Å². The number of benzene rings is 1. The molecule has 0 aliphatic rings. The van der Waals surface area contributed by atoms with Gasteiger partial charge in [-0.15, -0.1) is 0 Å². The lowest BCUT2D eigenvalue weighted by Crippen LogP contribution is -2.27. The van der Waals surface area contributed by atoms with Gasteiger partial charge in [-0.3, -0.25) is 9.78 Å². The second kappa shape index (κ2) is 6.22. The van der Waals surface area contributed by atoms with E-state index in [1.165, 1.54) is 0 Å². The van der Waals surface area contributed by atoms with E-state index in [4.69, 9.17) is 0 Å². The van der Waals surface area contributed by atoms with Crippen LogP contribution in [0.1, 0.15) is 29.0 Å². The number of nitrogens with one attached hydrogen (secondary N) is 1. The number of pyridine rings is 1. The van der Waals surface area contributed by atoms with Crippen LogP contribution in [0.5, 0.6) is 0 Å². The van der Waals surface area contributed by atoms with Crippen LogP contribution in [-0.2, 0) is 0 Å². The lowest BCUT2D eigenvalue weighted by molar-refractivity contribution is 0.0939. The van der Waals surface area contributed by atoms with E-state index in [1.807, 2.05) is 49.5 Å². The van der Waals surface area contributed by atoms with Gasteiger partial charge in [0, 0.05) is 24.2 Å². The Morgan fingerprint density at radius 2 is 1.91 bits per heavy atom. The molecule has 3 rings (SSSR count). The molecule has 22 heavy (non-hydrogen) atoms. The maximum absolute atomic E-state index is 12.3. The van der Waals surface area contributed by atoms with Gasteiger partial charge < -0.3 is 5.32 Å². The molecular formula is C17H16N4O. The minimum atomic E-state index is -0.139. The van der Waals surface area contributed by atoms with Crippen molar-refractivity contribution in [3.63, 3.8) is 0 Å². The smallest absolute Gasteiger partial charge is 0.251 e. The average molecular weight is 292 g/mol. The average Bonchev–Trinajstić information content (AvgIpc) is 3.10. The van der Waals surface area contributed by atoms with Crippen molar-refractivity contribution in [2.75, 3.05) is 0 Å². The molecular weight excluding hydrogens is 276 g/mol. The normalized spacial score (nSPS) is 11.9. The largest absolute Gasteiger partial charge is 0.344 e. The van der Waals surface area contributed by atoms with Crippen LogP contribution >= 0.6 is 0 Å². The Bertz CT molecular complexity index is 736. The van der Waals surface area contributed by atoms with Crippen LogP contribution in [0.25, 0.3) is 5.69 Å². The molecule has 2 aromatic heterocycles. The quantitative estimate of drug-likeness (QED) is 0.804. The molecule has 0 spiro atoms. The van der Waals surface area contributed by atoms with Gasteiger partial charge in [-0.05, 0) is 49.4 Å². The maximum atomic E-state index is 12.3. The molecule has 1 atom stereocenters. The predicted molar refractivity (Wildman–Crippen MR) is 83.7 cm³/mol. The molecule has 0 saturated heterocycles. The predicted octanol–water partition coefficient (Wildman–Crippen LogP) is 2.76. The van der Waals surface area contributed by atoms with Crippen molar-refractivity contribution in [2.24, 2.45) is 0 Å². The zero-order valence-electron chi connectivity index (χ0n) is 12.2. The highest BCUT2D eigenvalue weighted by Crippen LogP contribution is 2.12. The standard InChI is InChI=1S/C17H16N4O/c1-13(16-5-2-3-10-18-16)20-17(22)14-6-8-15(9-7-14)21-12-4-11-19-21/h2-13H,1H3,(H,20,22)/t13-/m0/s1. The SMILES string of the molecule is C[C@H](NC(=O)c1ccc(-n2cccn2)cc1)c1ccccn1. The maximum Gasteiger partial charge on any atom is 0.251 e. The number of amides is 1. The van der Waals surface area contributed by atoms with Crippen LogP contribution in [-0.4, -0.2) is 20.7 Å². The molecule has 0 bridgehead atoms. The molecule has 0 radical (unpaired) electrons. The van der Waals surface area contributed by atoms with Crippen molar-refractivity contribution in [3.05, 3.63) is 78.4 Å². The van der Waals surface area contributed by atoms with Gasteiger partial charge in [-0.2, -0.15) is 5.10 Å². The minimum Gasteiger partial charge on any atom is -0.344 e. The molecule has 0 fully saturated rings. The topological polar surface area (TPSA) is 59.8 Å². The van der Waals surface area contributed by atoms with E-state index in [2.05, 4.69) is 15.4 Å². The van der Waals surface area contributed by atoms with Crippen LogP contribution < -0.4 is 5.32 Å². The zero-order chi connectivity index (χ0) is 15.4. The molecule has 3 aromatic rings. The Morgan fingerprint density at radius 3 is 2.55 bits per heavy atom. The van der Waals surface area contributed by atoms with Crippen molar-refractivity contribution >= 4 is 5.91 Å². The molecule has 5 heteroatoms. The molecule has 1 aromatic carbocycles. The Hall–Kier alpha value is -2.95. The fraction of sp³-hybridized carbons (Fsp3) is 0.118. The van der Waals surface area contributed by atoms with Crippen molar-refractivity contribution in [3.8, 4) is 5.69 Å². The second-order valence-corrected chi connectivity index (χ2v) is 4.95. The van der Waals surface area contributed by atoms with Gasteiger partial charge in [0.25, 0.3) is 5.91 Å². The highest BCUT2D eigenvalue weighted by atomic mass is 16.1. The fourth-order valence-corrected chi connectivity index (χ4v) is 2.17. The Labute approximate surface area is 128 Å². The number of hydrogen-bond acceptors (Lipinski definition) is 3. The van der Waals surface area contributed by atoms with Gasteiger partial charge in [0.2, 0.25) is 0 Å². The first-order valence-corrected chi connectivity index (χ1v) is 7.06. The molecule has 2 heterocycles. The molecule has 1 amide bonds. The summed E-state index contributed by atoms with van der Waals surface area (Å²) in [5.74, 6) is -0.120. The van der Waals surface area contributed by atoms with Crippen molar-refractivity contribution in [1.29, 1.82) is 0 Å². The van der Waals surface area contributed by atoms with Crippen molar-refractivity contribution < 1.29 is 4.79 Å². The summed E-state index contributed by atoms with van der Waals surface area (Å²) in [5, 5.41) is 7.10. The Balaban J connectivity index is 1.70. The number of carbonyl (C=O) groups is 1. The fourth-order valence-electron chi connectivity index (χ4n) is 2.17. The van der Waals surface area contributed by atoms with E-state index in [0.717, 1.165) is 11.4 Å². The first-order valence-electron chi connectivity index (χ1n) is 7.06. The van der Waals surface area contributed by atoms with Crippen molar-refractivity contribution in [1.82, 2.24) is 20.1 Å². The Kier molecular flexibility index (Phi) is 3.96. The molecule has 1 N–H and O–H groups in total. The summed E-state index contributed by atoms with van der Waals surface area (Å²) in [6.45, 7) is 1.92. The third kappa shape index (κ3) is 3.03. The van der Waals surface area contributed by atoms with Gasteiger partial charge in [-0.25, -0.2) is 4.68 Å². The monoisotopic (exact) mass is 292 g/mol. The Morgan fingerprint density at radius 1 is 1.09 bits per heavy atom. The number of hydrogen-bond donors (Lipinski definition) is 1. The summed E-state index contributed by atoms with van der Waals surface area (Å²) >= 11 is 0. The van der Waals surface area contributed by atoms with Crippen LogP contribution in [0.4, 0.5) is 0 Å². The molecule has 5 nitrogen and oxygen atoms in total. The highest BCUT2D eigenvalue weighted by molar-refractivity contribution is 5.94. The third-order valence-corrected chi connectivity index (χ3v) is 3.38. The lowest BCUT2D eigenvalue weighted by atomic mass is 10.1. The van der Waals surface area contributed by atoms with Gasteiger partial charge in [0.1, 0.15) is 0 Å². The first-order chi connectivity index (χ1) is 10.7. The van der Waals surface area contributed by atoms with Crippen LogP contribution in [0, 0.1) is 0 Å². The van der Waals surface area contributed by atoms with Crippen LogP contribution in [0.2, 0.25) is 0 Å². The molecule has 0 saturated carbocycles. The van der Waals surface area contributed by atoms with Crippen LogP contribution in [0.3, 0.4) is 0 Å². The molecule has 0 aliphatic carbocycles. The summed E-state index contributed by atoms with van der Waals surface area (Å²) in [6.07, 6.45) is 5.30. The van der Waals surface area contributed by atoms with E-state index in [9.17, 15) is 4.79 Å². The first kappa shape index (κ1) is 14.0. The van der Waals surface area contributed by atoms with E-state index in [0.29, 0.717) is 5.56 Å². The molecule has 0 aliphatic heterocycles. The summed E-state index contributed by atoms with van der Waals surface area (Å²) < 4.78 is 1.75. The van der Waals surface area contributed by atoms with E-state index < -0.39 is 0 Å². The summed E-state index contributed by atoms with van der Waals surface area (Å²) in [6, 6.07) is 14.7. The minimum absolute atomic E-state index is 0.120. The van der Waals surface area contributed by atoms with Crippen molar-refractivity contribution in [2.45, 2.75) is 13.0 Å². The summed E-state index contributed by atoms with van der Waals surface area (Å²) in [7, 11) is 0. The zero-order valence-corrected chi connectivity index (χ0v) is 12.2. The van der Waals surface area contributed by atoms with Gasteiger partial charge in [0.05, 0.1) is 17.4 Å². The summed E-state index contributed by atoms with van der Waals surface area (Å²) in [4.78, 5) is 16.5. The van der Waals surface area contributed by atoms with Gasteiger partial charge >= 0.3 is 0 Å².